The molecule has 1 aliphatic heterocycles. The van der Waals surface area contributed by atoms with E-state index in [0.717, 1.165) is 30.3 Å². The van der Waals surface area contributed by atoms with E-state index in [1.54, 1.807) is 6.07 Å². The van der Waals surface area contributed by atoms with Gasteiger partial charge in [0.25, 0.3) is 5.91 Å². The predicted molar refractivity (Wildman–Crippen MR) is 77.7 cm³/mol. The number of rotatable bonds is 2. The highest BCUT2D eigenvalue weighted by molar-refractivity contribution is 6.04. The van der Waals surface area contributed by atoms with E-state index in [-0.39, 0.29) is 17.2 Å². The highest BCUT2D eigenvalue weighted by Gasteiger charge is 2.14. The van der Waals surface area contributed by atoms with Crippen LogP contribution in [0.15, 0.2) is 36.4 Å². The second kappa shape index (κ2) is 5.25. The standard InChI is InChI=1S/C16H12FN3O/c17-13-7-10(9-18)1-3-15(13)20-16(21)12-2-4-14-11(8-12)5-6-19-14/h1-4,7-8,19H,5-6H2,(H,20,21). The molecule has 0 radical (unpaired) electrons. The highest BCUT2D eigenvalue weighted by atomic mass is 19.1. The molecule has 104 valence electrons. The smallest absolute Gasteiger partial charge is 0.255 e. The van der Waals surface area contributed by atoms with Crippen molar-refractivity contribution in [2.24, 2.45) is 0 Å². The van der Waals surface area contributed by atoms with Crippen molar-refractivity contribution >= 4 is 17.3 Å². The summed E-state index contributed by atoms with van der Waals surface area (Å²) in [5.41, 5.74) is 2.90. The molecule has 1 heterocycles. The second-order valence-electron chi connectivity index (χ2n) is 4.81. The summed E-state index contributed by atoms with van der Waals surface area (Å²) in [6.07, 6.45) is 0.877. The van der Waals surface area contributed by atoms with Gasteiger partial charge in [0, 0.05) is 17.8 Å². The fourth-order valence-electron chi connectivity index (χ4n) is 2.33. The van der Waals surface area contributed by atoms with Crippen LogP contribution >= 0.6 is 0 Å². The summed E-state index contributed by atoms with van der Waals surface area (Å²) in [6.45, 7) is 0.866. The van der Waals surface area contributed by atoms with Crippen LogP contribution in [0.25, 0.3) is 0 Å². The van der Waals surface area contributed by atoms with Crippen LogP contribution in [0.5, 0.6) is 0 Å². The Bertz CT molecular complexity index is 765. The summed E-state index contributed by atoms with van der Waals surface area (Å²) < 4.78 is 13.8. The molecule has 0 unspecified atom stereocenters. The first-order valence-electron chi connectivity index (χ1n) is 6.55. The van der Waals surface area contributed by atoms with Crippen LogP contribution in [0.4, 0.5) is 15.8 Å². The lowest BCUT2D eigenvalue weighted by Gasteiger charge is -2.08. The Morgan fingerprint density at radius 3 is 2.90 bits per heavy atom. The minimum Gasteiger partial charge on any atom is -0.384 e. The number of benzene rings is 2. The van der Waals surface area contributed by atoms with Crippen molar-refractivity contribution < 1.29 is 9.18 Å². The lowest BCUT2D eigenvalue weighted by molar-refractivity contribution is 0.102. The normalized spacial score (nSPS) is 12.2. The van der Waals surface area contributed by atoms with Crippen LogP contribution < -0.4 is 10.6 Å². The average molecular weight is 281 g/mol. The van der Waals surface area contributed by atoms with Gasteiger partial charge >= 0.3 is 0 Å². The summed E-state index contributed by atoms with van der Waals surface area (Å²) in [5.74, 6) is -0.987. The van der Waals surface area contributed by atoms with Crippen molar-refractivity contribution in [2.75, 3.05) is 17.2 Å². The van der Waals surface area contributed by atoms with E-state index in [9.17, 15) is 9.18 Å². The van der Waals surface area contributed by atoms with E-state index < -0.39 is 5.82 Å². The molecule has 2 aromatic carbocycles. The van der Waals surface area contributed by atoms with Crippen LogP contribution in [0, 0.1) is 17.1 Å². The number of nitriles is 1. The molecule has 1 aliphatic rings. The third kappa shape index (κ3) is 2.56. The molecule has 3 rings (SSSR count). The molecular formula is C16H12FN3O. The maximum absolute atomic E-state index is 13.8. The number of nitrogens with zero attached hydrogens (tertiary/aromatic N) is 1. The maximum atomic E-state index is 13.8. The molecule has 0 saturated heterocycles. The van der Waals surface area contributed by atoms with Crippen molar-refractivity contribution in [1.29, 1.82) is 5.26 Å². The van der Waals surface area contributed by atoms with Crippen molar-refractivity contribution in [3.63, 3.8) is 0 Å². The molecule has 2 aromatic rings. The summed E-state index contributed by atoms with van der Waals surface area (Å²) in [5, 5.41) is 14.4. The Kier molecular flexibility index (Phi) is 3.28. The first-order valence-corrected chi connectivity index (χ1v) is 6.55. The zero-order valence-electron chi connectivity index (χ0n) is 11.1. The molecule has 0 saturated carbocycles. The fourth-order valence-corrected chi connectivity index (χ4v) is 2.33. The second-order valence-corrected chi connectivity index (χ2v) is 4.81. The number of carbonyl (C=O) groups is 1. The summed E-state index contributed by atoms with van der Waals surface area (Å²) >= 11 is 0. The first kappa shape index (κ1) is 13.1. The van der Waals surface area contributed by atoms with E-state index in [2.05, 4.69) is 10.6 Å². The summed E-state index contributed by atoms with van der Waals surface area (Å²) in [7, 11) is 0. The van der Waals surface area contributed by atoms with Crippen LogP contribution in [-0.4, -0.2) is 12.5 Å². The van der Waals surface area contributed by atoms with Gasteiger partial charge in [-0.2, -0.15) is 5.26 Å². The minimum absolute atomic E-state index is 0.0672. The van der Waals surface area contributed by atoms with E-state index in [4.69, 9.17) is 5.26 Å². The van der Waals surface area contributed by atoms with Crippen LogP contribution in [0.3, 0.4) is 0 Å². The molecule has 0 spiro atoms. The minimum atomic E-state index is -0.620. The molecule has 0 bridgehead atoms. The van der Waals surface area contributed by atoms with Crippen molar-refractivity contribution in [2.45, 2.75) is 6.42 Å². The Hall–Kier alpha value is -2.87. The van der Waals surface area contributed by atoms with Gasteiger partial charge in [-0.25, -0.2) is 4.39 Å². The molecule has 0 fully saturated rings. The van der Waals surface area contributed by atoms with Gasteiger partial charge in [0.1, 0.15) is 5.82 Å². The number of fused-ring (bicyclic) bond motifs is 1. The van der Waals surface area contributed by atoms with Gasteiger partial charge in [0.15, 0.2) is 0 Å². The molecule has 0 atom stereocenters. The van der Waals surface area contributed by atoms with Crippen molar-refractivity contribution in [1.82, 2.24) is 0 Å². The van der Waals surface area contributed by atoms with Crippen molar-refractivity contribution in [3.05, 3.63) is 58.9 Å². The molecule has 0 aromatic heterocycles. The lowest BCUT2D eigenvalue weighted by atomic mass is 10.1. The van der Waals surface area contributed by atoms with E-state index in [0.29, 0.717) is 5.56 Å². The molecular weight excluding hydrogens is 269 g/mol. The Morgan fingerprint density at radius 2 is 2.14 bits per heavy atom. The van der Waals surface area contributed by atoms with Crippen molar-refractivity contribution in [3.8, 4) is 6.07 Å². The Balaban J connectivity index is 1.82. The number of carbonyl (C=O) groups excluding carboxylic acids is 1. The molecule has 1 amide bonds. The van der Waals surface area contributed by atoms with E-state index in [1.165, 1.54) is 12.1 Å². The summed E-state index contributed by atoms with van der Waals surface area (Å²) in [6, 6.07) is 11.2. The van der Waals surface area contributed by atoms with Gasteiger partial charge in [-0.3, -0.25) is 4.79 Å². The van der Waals surface area contributed by atoms with Gasteiger partial charge in [-0.05, 0) is 48.4 Å². The SMILES string of the molecule is N#Cc1ccc(NC(=O)c2ccc3c(c2)CCN3)c(F)c1. The molecule has 5 heteroatoms. The van der Waals surface area contributed by atoms with Crippen LogP contribution in [0.2, 0.25) is 0 Å². The third-order valence-corrected chi connectivity index (χ3v) is 3.42. The Morgan fingerprint density at radius 1 is 1.29 bits per heavy atom. The van der Waals surface area contributed by atoms with Gasteiger partial charge in [0.2, 0.25) is 0 Å². The topological polar surface area (TPSA) is 64.9 Å². The van der Waals surface area contributed by atoms with Crippen LogP contribution in [0.1, 0.15) is 21.5 Å². The molecule has 4 nitrogen and oxygen atoms in total. The van der Waals surface area contributed by atoms with Gasteiger partial charge < -0.3 is 10.6 Å². The number of hydrogen-bond acceptors (Lipinski definition) is 3. The molecule has 0 aliphatic carbocycles. The number of amides is 1. The molecule has 2 N–H and O–H groups in total. The van der Waals surface area contributed by atoms with Crippen LogP contribution in [-0.2, 0) is 6.42 Å². The van der Waals surface area contributed by atoms with Gasteiger partial charge in [0.05, 0.1) is 17.3 Å². The number of nitrogens with one attached hydrogen (secondary N) is 2. The molecule has 21 heavy (non-hydrogen) atoms. The van der Waals surface area contributed by atoms with Gasteiger partial charge in [-0.15, -0.1) is 0 Å². The predicted octanol–water partition coefficient (Wildman–Crippen LogP) is 2.92. The quantitative estimate of drug-likeness (QED) is 0.889. The number of hydrogen-bond donors (Lipinski definition) is 2. The number of halogens is 1. The van der Waals surface area contributed by atoms with E-state index in [1.807, 2.05) is 18.2 Å². The Labute approximate surface area is 121 Å². The monoisotopic (exact) mass is 281 g/mol. The summed E-state index contributed by atoms with van der Waals surface area (Å²) in [4.78, 5) is 12.2. The lowest BCUT2D eigenvalue weighted by Crippen LogP contribution is -2.13. The first-order chi connectivity index (χ1) is 10.2. The average Bonchev–Trinajstić information content (AvgIpc) is 2.96. The third-order valence-electron chi connectivity index (χ3n) is 3.42. The van der Waals surface area contributed by atoms with E-state index >= 15 is 0 Å². The zero-order valence-corrected chi connectivity index (χ0v) is 11.1. The number of anilines is 2. The largest absolute Gasteiger partial charge is 0.384 e. The maximum Gasteiger partial charge on any atom is 0.255 e. The van der Waals surface area contributed by atoms with Gasteiger partial charge in [-0.1, -0.05) is 0 Å². The highest BCUT2D eigenvalue weighted by Crippen LogP contribution is 2.24. The fraction of sp³-hybridized carbons (Fsp3) is 0.125. The zero-order chi connectivity index (χ0) is 14.8.